The summed E-state index contributed by atoms with van der Waals surface area (Å²) in [4.78, 5) is 8.58. The van der Waals surface area contributed by atoms with Crippen molar-refractivity contribution >= 4 is 5.82 Å². The Labute approximate surface area is 111 Å². The van der Waals surface area contributed by atoms with Crippen LogP contribution in [0.5, 0.6) is 11.6 Å². The van der Waals surface area contributed by atoms with E-state index in [2.05, 4.69) is 15.3 Å². The number of ether oxygens (including phenoxy) is 1. The maximum atomic E-state index is 13.5. The van der Waals surface area contributed by atoms with Gasteiger partial charge in [0.1, 0.15) is 11.6 Å². The highest BCUT2D eigenvalue weighted by molar-refractivity contribution is 5.39. The van der Waals surface area contributed by atoms with E-state index in [0.29, 0.717) is 17.5 Å². The lowest BCUT2D eigenvalue weighted by molar-refractivity contribution is 0.424. The van der Waals surface area contributed by atoms with Crippen LogP contribution >= 0.6 is 0 Å². The van der Waals surface area contributed by atoms with Crippen LogP contribution in [0, 0.1) is 5.82 Å². The number of anilines is 1. The van der Waals surface area contributed by atoms with E-state index in [4.69, 9.17) is 4.74 Å². The molecule has 1 aromatic heterocycles. The van der Waals surface area contributed by atoms with Gasteiger partial charge < -0.3 is 10.1 Å². The van der Waals surface area contributed by atoms with E-state index in [0.717, 1.165) is 12.8 Å². The van der Waals surface area contributed by atoms with Crippen LogP contribution in [0.15, 0.2) is 30.3 Å². The van der Waals surface area contributed by atoms with Gasteiger partial charge in [0.25, 0.3) is 0 Å². The first-order chi connectivity index (χ1) is 9.22. The zero-order valence-electron chi connectivity index (χ0n) is 11.0. The van der Waals surface area contributed by atoms with Gasteiger partial charge in [0.2, 0.25) is 5.88 Å². The molecule has 1 heterocycles. The minimum atomic E-state index is -0.413. The second kappa shape index (κ2) is 6.13. The normalized spacial score (nSPS) is 10.3. The summed E-state index contributed by atoms with van der Waals surface area (Å²) in [5.74, 6) is 1.42. The summed E-state index contributed by atoms with van der Waals surface area (Å²) in [6.45, 7) is 2.05. The molecule has 5 heteroatoms. The molecule has 4 nitrogen and oxygen atoms in total. The third-order valence-corrected chi connectivity index (χ3v) is 2.53. The molecule has 0 bridgehead atoms. The first-order valence-electron chi connectivity index (χ1n) is 6.21. The highest BCUT2D eigenvalue weighted by Gasteiger charge is 2.08. The predicted octanol–water partition coefficient (Wildman–Crippen LogP) is 3.40. The summed E-state index contributed by atoms with van der Waals surface area (Å²) in [5, 5.41) is 2.94. The number of benzene rings is 1. The molecule has 2 aromatic rings. The highest BCUT2D eigenvalue weighted by Crippen LogP contribution is 2.24. The average molecular weight is 261 g/mol. The van der Waals surface area contributed by atoms with E-state index in [-0.39, 0.29) is 5.75 Å². The number of nitrogens with zero attached hydrogens (tertiary/aromatic N) is 2. The fraction of sp³-hybridized carbons (Fsp3) is 0.286. The molecule has 0 radical (unpaired) electrons. The summed E-state index contributed by atoms with van der Waals surface area (Å²) in [7, 11) is 1.77. The van der Waals surface area contributed by atoms with Gasteiger partial charge in [-0.1, -0.05) is 19.1 Å². The van der Waals surface area contributed by atoms with Crippen LogP contribution in [-0.4, -0.2) is 17.0 Å². The van der Waals surface area contributed by atoms with E-state index in [1.54, 1.807) is 31.3 Å². The van der Waals surface area contributed by atoms with Crippen molar-refractivity contribution in [1.82, 2.24) is 9.97 Å². The van der Waals surface area contributed by atoms with Crippen LogP contribution in [0.3, 0.4) is 0 Å². The second-order valence-corrected chi connectivity index (χ2v) is 4.04. The zero-order valence-corrected chi connectivity index (χ0v) is 11.0. The number of aryl methyl sites for hydroxylation is 1. The summed E-state index contributed by atoms with van der Waals surface area (Å²) < 4.78 is 19.0. The molecular weight excluding hydrogens is 245 g/mol. The summed E-state index contributed by atoms with van der Waals surface area (Å²) in [6, 6.07) is 7.89. The van der Waals surface area contributed by atoms with Crippen molar-refractivity contribution < 1.29 is 9.13 Å². The van der Waals surface area contributed by atoms with Crippen LogP contribution in [0.25, 0.3) is 0 Å². The molecular formula is C14H16FN3O. The van der Waals surface area contributed by atoms with Gasteiger partial charge in [0.05, 0.1) is 0 Å². The highest BCUT2D eigenvalue weighted by atomic mass is 19.1. The molecule has 0 amide bonds. The molecule has 0 unspecified atom stereocenters. The number of halogens is 1. The number of para-hydroxylation sites is 1. The van der Waals surface area contributed by atoms with Crippen LogP contribution in [0.1, 0.15) is 19.2 Å². The minimum absolute atomic E-state index is 0.158. The maximum absolute atomic E-state index is 13.5. The second-order valence-electron chi connectivity index (χ2n) is 4.04. The van der Waals surface area contributed by atoms with E-state index >= 15 is 0 Å². The smallest absolute Gasteiger partial charge is 0.224 e. The van der Waals surface area contributed by atoms with Crippen LogP contribution in [0.2, 0.25) is 0 Å². The standard InChI is InChI=1S/C14H16FN3O/c1-3-6-12-17-13(16-2)9-14(18-12)19-11-8-5-4-7-10(11)15/h4-5,7-9H,3,6H2,1-2H3,(H,16,17,18). The molecule has 1 aromatic carbocycles. The average Bonchev–Trinajstić information content (AvgIpc) is 2.41. The van der Waals surface area contributed by atoms with E-state index in [9.17, 15) is 4.39 Å². The van der Waals surface area contributed by atoms with Gasteiger partial charge in [-0.15, -0.1) is 0 Å². The molecule has 100 valence electrons. The van der Waals surface area contributed by atoms with Crippen LogP contribution in [-0.2, 0) is 6.42 Å². The van der Waals surface area contributed by atoms with E-state index in [1.807, 2.05) is 6.92 Å². The largest absolute Gasteiger partial charge is 0.436 e. The van der Waals surface area contributed by atoms with Gasteiger partial charge in [-0.05, 0) is 18.6 Å². The molecule has 0 fully saturated rings. The summed E-state index contributed by atoms with van der Waals surface area (Å²) in [5.41, 5.74) is 0. The fourth-order valence-corrected chi connectivity index (χ4v) is 1.63. The lowest BCUT2D eigenvalue weighted by Crippen LogP contribution is -2.02. The Morgan fingerprint density at radius 1 is 1.26 bits per heavy atom. The number of aromatic nitrogens is 2. The van der Waals surface area contributed by atoms with Crippen molar-refractivity contribution in [3.63, 3.8) is 0 Å². The molecule has 0 saturated heterocycles. The Hall–Kier alpha value is -2.17. The molecule has 0 saturated carbocycles. The Balaban J connectivity index is 2.29. The topological polar surface area (TPSA) is 47.0 Å². The Kier molecular flexibility index (Phi) is 4.28. The Bertz CT molecular complexity index is 560. The van der Waals surface area contributed by atoms with E-state index in [1.165, 1.54) is 6.07 Å². The number of hydrogen-bond acceptors (Lipinski definition) is 4. The van der Waals surface area contributed by atoms with E-state index < -0.39 is 5.82 Å². The van der Waals surface area contributed by atoms with Crippen LogP contribution in [0.4, 0.5) is 10.2 Å². The van der Waals surface area contributed by atoms with Crippen molar-refractivity contribution in [2.45, 2.75) is 19.8 Å². The fourth-order valence-electron chi connectivity index (χ4n) is 1.63. The predicted molar refractivity (Wildman–Crippen MR) is 72.0 cm³/mol. The first kappa shape index (κ1) is 13.3. The number of rotatable bonds is 5. The lowest BCUT2D eigenvalue weighted by atomic mass is 10.3. The molecule has 2 rings (SSSR count). The zero-order chi connectivity index (χ0) is 13.7. The lowest BCUT2D eigenvalue weighted by Gasteiger charge is -2.09. The van der Waals surface area contributed by atoms with Gasteiger partial charge in [0, 0.05) is 19.5 Å². The summed E-state index contributed by atoms with van der Waals surface area (Å²) >= 11 is 0. The van der Waals surface area contributed by atoms with Crippen molar-refractivity contribution in [3.05, 3.63) is 42.0 Å². The number of hydrogen-bond donors (Lipinski definition) is 1. The Morgan fingerprint density at radius 3 is 2.74 bits per heavy atom. The van der Waals surface area contributed by atoms with Crippen LogP contribution < -0.4 is 10.1 Å². The first-order valence-corrected chi connectivity index (χ1v) is 6.21. The van der Waals surface area contributed by atoms with Crippen molar-refractivity contribution in [1.29, 1.82) is 0 Å². The van der Waals surface area contributed by atoms with Gasteiger partial charge in [0.15, 0.2) is 11.6 Å². The molecule has 0 aliphatic carbocycles. The maximum Gasteiger partial charge on any atom is 0.224 e. The van der Waals surface area contributed by atoms with Gasteiger partial charge >= 0.3 is 0 Å². The molecule has 0 atom stereocenters. The molecule has 0 aliphatic rings. The monoisotopic (exact) mass is 261 g/mol. The quantitative estimate of drug-likeness (QED) is 0.896. The third-order valence-electron chi connectivity index (χ3n) is 2.53. The van der Waals surface area contributed by atoms with Crippen molar-refractivity contribution in [2.75, 3.05) is 12.4 Å². The van der Waals surface area contributed by atoms with Gasteiger partial charge in [-0.25, -0.2) is 9.37 Å². The molecule has 19 heavy (non-hydrogen) atoms. The third kappa shape index (κ3) is 3.40. The van der Waals surface area contributed by atoms with Gasteiger partial charge in [-0.3, -0.25) is 0 Å². The SMILES string of the molecule is CCCc1nc(NC)cc(Oc2ccccc2F)n1. The molecule has 0 spiro atoms. The minimum Gasteiger partial charge on any atom is -0.436 e. The molecule has 0 aliphatic heterocycles. The van der Waals surface area contributed by atoms with Crippen molar-refractivity contribution in [3.8, 4) is 11.6 Å². The van der Waals surface area contributed by atoms with Crippen molar-refractivity contribution in [2.24, 2.45) is 0 Å². The summed E-state index contributed by atoms with van der Waals surface area (Å²) in [6.07, 6.45) is 1.69. The van der Waals surface area contributed by atoms with Gasteiger partial charge in [-0.2, -0.15) is 4.98 Å². The Morgan fingerprint density at radius 2 is 2.05 bits per heavy atom. The number of nitrogens with one attached hydrogen (secondary N) is 1. The molecule has 1 N–H and O–H groups in total.